The van der Waals surface area contributed by atoms with Crippen LogP contribution in [0.3, 0.4) is 0 Å². The number of aliphatic carboxylic acids is 1. The number of allylic oxidation sites excluding steroid dienone is 18. The second-order valence-electron chi connectivity index (χ2n) is 22.0. The van der Waals surface area contributed by atoms with E-state index in [9.17, 15) is 19.5 Å². The van der Waals surface area contributed by atoms with E-state index in [0.29, 0.717) is 23.9 Å². The van der Waals surface area contributed by atoms with E-state index in [0.717, 1.165) is 103 Å². The Labute approximate surface area is 479 Å². The predicted octanol–water partition coefficient (Wildman–Crippen LogP) is 19.1. The van der Waals surface area contributed by atoms with Crippen molar-refractivity contribution in [3.05, 3.63) is 109 Å². The van der Waals surface area contributed by atoms with Crippen LogP contribution in [0.1, 0.15) is 251 Å². The van der Waals surface area contributed by atoms with Gasteiger partial charge in [0.2, 0.25) is 0 Å². The van der Waals surface area contributed by atoms with E-state index in [-0.39, 0.29) is 32.2 Å². The van der Waals surface area contributed by atoms with Gasteiger partial charge in [0.1, 0.15) is 13.2 Å². The highest BCUT2D eigenvalue weighted by atomic mass is 16.7. The molecule has 2 unspecified atom stereocenters. The number of carboxylic acids is 1. The number of rotatable bonds is 57. The van der Waals surface area contributed by atoms with E-state index < -0.39 is 24.3 Å². The van der Waals surface area contributed by atoms with Crippen molar-refractivity contribution in [2.75, 3.05) is 47.5 Å². The summed E-state index contributed by atoms with van der Waals surface area (Å²) in [6.45, 7) is 4.75. The number of esters is 2. The molecule has 0 aliphatic heterocycles. The fourth-order valence-corrected chi connectivity index (χ4v) is 8.44. The molecule has 9 nitrogen and oxygen atoms in total. The normalized spacial score (nSPS) is 13.5. The molecule has 0 saturated carbocycles. The van der Waals surface area contributed by atoms with E-state index in [4.69, 9.17) is 18.9 Å². The van der Waals surface area contributed by atoms with Gasteiger partial charge in [-0.15, -0.1) is 0 Å². The highest BCUT2D eigenvalue weighted by Gasteiger charge is 2.25. The number of hydrogen-bond donors (Lipinski definition) is 1. The number of ether oxygens (including phenoxy) is 4. The lowest BCUT2D eigenvalue weighted by Gasteiger charge is -2.25. The molecule has 0 aliphatic rings. The molecular formula is C69H118NO8+. The maximum Gasteiger partial charge on any atom is 0.361 e. The number of carbonyl (C=O) groups excluding carboxylic acids is 2. The molecule has 2 atom stereocenters. The summed E-state index contributed by atoms with van der Waals surface area (Å²) in [6, 6.07) is 0. The SMILES string of the molecule is CC/C=C\C/C=C\C/C=C\C/C=C\C/C=C\C/C=C\C/C=C\C/C=C\CCCCCCCCCCCCC(=O)OC(COC(=O)CCCCCCCCC/C=C\CCCCCCCCC)COC(OCC[N+](C)(C)C)C(=O)O. The van der Waals surface area contributed by atoms with E-state index in [1.165, 1.54) is 116 Å². The van der Waals surface area contributed by atoms with Gasteiger partial charge < -0.3 is 28.5 Å². The van der Waals surface area contributed by atoms with Gasteiger partial charge in [0.05, 0.1) is 34.4 Å². The Hall–Kier alpha value is -4.05. The van der Waals surface area contributed by atoms with Crippen molar-refractivity contribution >= 4 is 17.9 Å². The highest BCUT2D eigenvalue weighted by molar-refractivity contribution is 5.71. The summed E-state index contributed by atoms with van der Waals surface area (Å²) in [5.41, 5.74) is 0. The zero-order chi connectivity index (χ0) is 56.9. The lowest BCUT2D eigenvalue weighted by molar-refractivity contribution is -0.870. The van der Waals surface area contributed by atoms with Crippen molar-refractivity contribution in [3.8, 4) is 0 Å². The number of unbranched alkanes of at least 4 members (excludes halogenated alkanes) is 24. The predicted molar refractivity (Wildman–Crippen MR) is 332 cm³/mol. The molecule has 1 N–H and O–H groups in total. The van der Waals surface area contributed by atoms with Crippen molar-refractivity contribution in [3.63, 3.8) is 0 Å². The van der Waals surface area contributed by atoms with Crippen LogP contribution in [0.5, 0.6) is 0 Å². The van der Waals surface area contributed by atoms with Gasteiger partial charge in [-0.25, -0.2) is 4.79 Å². The Morgan fingerprint density at radius 3 is 1.10 bits per heavy atom. The third-order valence-corrected chi connectivity index (χ3v) is 13.3. The van der Waals surface area contributed by atoms with Gasteiger partial charge in [0, 0.05) is 12.8 Å². The van der Waals surface area contributed by atoms with Crippen molar-refractivity contribution in [2.45, 2.75) is 264 Å². The van der Waals surface area contributed by atoms with Crippen molar-refractivity contribution in [1.82, 2.24) is 0 Å². The zero-order valence-electron chi connectivity index (χ0n) is 50.8. The van der Waals surface area contributed by atoms with Crippen LogP contribution in [0.4, 0.5) is 0 Å². The van der Waals surface area contributed by atoms with Gasteiger partial charge in [-0.1, -0.05) is 245 Å². The van der Waals surface area contributed by atoms with Gasteiger partial charge in [0.15, 0.2) is 6.10 Å². The molecule has 0 amide bonds. The topological polar surface area (TPSA) is 108 Å². The molecule has 0 aromatic heterocycles. The number of carbonyl (C=O) groups is 3. The molecule has 0 aliphatic carbocycles. The number of nitrogens with zero attached hydrogens (tertiary/aromatic N) is 1. The lowest BCUT2D eigenvalue weighted by atomic mass is 10.0. The minimum Gasteiger partial charge on any atom is -0.477 e. The van der Waals surface area contributed by atoms with Gasteiger partial charge in [-0.3, -0.25) is 9.59 Å². The molecule has 0 fully saturated rings. The molecule has 0 saturated heterocycles. The first-order valence-corrected chi connectivity index (χ1v) is 31.6. The summed E-state index contributed by atoms with van der Waals surface area (Å²) >= 11 is 0. The quantitative estimate of drug-likeness (QED) is 0.0211. The van der Waals surface area contributed by atoms with Crippen LogP contribution >= 0.6 is 0 Å². The minimum atomic E-state index is -1.52. The molecule has 446 valence electrons. The Bertz CT molecular complexity index is 1640. The summed E-state index contributed by atoms with van der Waals surface area (Å²) in [4.78, 5) is 37.5. The smallest absolute Gasteiger partial charge is 0.361 e. The second kappa shape index (κ2) is 59.1. The standard InChI is InChI=1S/C69H117NO8/c1-6-8-10-12-14-16-18-20-22-24-26-27-28-29-30-31-32-33-34-35-36-37-38-39-40-41-42-44-46-48-50-52-54-56-58-60-67(72)78-65(64-77-69(68(73)74)75-62-61-70(3,4)5)63-76-66(71)59-57-55-53-51-49-47-45-43-25-23-21-19-17-15-13-11-9-7-2/h8,10,14,16,20,22-23,25-27,29-30,32-33,35-36,38-39,65,69H,6-7,9,11-13,15,17-19,21,24,28,31,34,37,40-64H2,1-5H3/p+1/b10-8-,16-14-,22-20-,25-23-,27-26-,30-29-,33-32-,36-35-,39-38-. The molecule has 0 bridgehead atoms. The van der Waals surface area contributed by atoms with Crippen molar-refractivity contribution in [2.24, 2.45) is 0 Å². The molecule has 78 heavy (non-hydrogen) atoms. The Balaban J connectivity index is 4.20. The largest absolute Gasteiger partial charge is 0.477 e. The number of carboxylic acid groups (broad SMARTS) is 1. The van der Waals surface area contributed by atoms with Crippen LogP contribution < -0.4 is 0 Å². The van der Waals surface area contributed by atoms with E-state index in [2.05, 4.69) is 123 Å². The summed E-state index contributed by atoms with van der Waals surface area (Å²) in [6.07, 6.45) is 78.9. The fraction of sp³-hybridized carbons (Fsp3) is 0.696. The molecule has 9 heteroatoms. The third kappa shape index (κ3) is 59.6. The van der Waals surface area contributed by atoms with Crippen LogP contribution in [0.25, 0.3) is 0 Å². The number of likely N-dealkylation sites (N-methyl/N-ethyl adjacent to an activating group) is 1. The molecule has 0 heterocycles. The lowest BCUT2D eigenvalue weighted by Crippen LogP contribution is -2.40. The van der Waals surface area contributed by atoms with Crippen LogP contribution in [0.2, 0.25) is 0 Å². The summed E-state index contributed by atoms with van der Waals surface area (Å²) in [5.74, 6) is -2.02. The van der Waals surface area contributed by atoms with Gasteiger partial charge in [0.25, 0.3) is 6.29 Å². The van der Waals surface area contributed by atoms with E-state index in [1.807, 2.05) is 21.1 Å². The average Bonchev–Trinajstić information content (AvgIpc) is 3.41. The molecular weight excluding hydrogens is 971 g/mol. The van der Waals surface area contributed by atoms with Crippen molar-refractivity contribution in [1.29, 1.82) is 0 Å². The first-order chi connectivity index (χ1) is 38.1. The molecule has 0 spiro atoms. The van der Waals surface area contributed by atoms with Crippen molar-refractivity contribution < 1.29 is 42.9 Å². The van der Waals surface area contributed by atoms with Crippen LogP contribution in [0, 0.1) is 0 Å². The minimum absolute atomic E-state index is 0.182. The maximum atomic E-state index is 12.9. The first-order valence-electron chi connectivity index (χ1n) is 31.6. The Morgan fingerprint density at radius 2 is 0.731 bits per heavy atom. The number of quaternary nitrogens is 1. The first kappa shape index (κ1) is 74.0. The summed E-state index contributed by atoms with van der Waals surface area (Å²) in [5, 5.41) is 9.72. The fourth-order valence-electron chi connectivity index (χ4n) is 8.44. The van der Waals surface area contributed by atoms with E-state index >= 15 is 0 Å². The molecule has 0 aromatic carbocycles. The van der Waals surface area contributed by atoms with Gasteiger partial charge in [-0.2, -0.15) is 0 Å². The second-order valence-corrected chi connectivity index (χ2v) is 22.0. The molecule has 0 aromatic rings. The van der Waals surface area contributed by atoms with Crippen LogP contribution in [-0.2, 0) is 33.3 Å². The molecule has 0 rings (SSSR count). The third-order valence-electron chi connectivity index (χ3n) is 13.3. The summed E-state index contributed by atoms with van der Waals surface area (Å²) in [7, 11) is 5.96. The van der Waals surface area contributed by atoms with E-state index in [1.54, 1.807) is 0 Å². The Kier molecular flexibility index (Phi) is 56.0. The molecule has 0 radical (unpaired) electrons. The van der Waals surface area contributed by atoms with Gasteiger partial charge >= 0.3 is 17.9 Å². The zero-order valence-corrected chi connectivity index (χ0v) is 50.8. The maximum absolute atomic E-state index is 12.9. The average molecular weight is 1090 g/mol. The summed E-state index contributed by atoms with van der Waals surface area (Å²) < 4.78 is 22.9. The van der Waals surface area contributed by atoms with Crippen LogP contribution in [-0.4, -0.2) is 87.4 Å². The van der Waals surface area contributed by atoms with Gasteiger partial charge in [-0.05, 0) is 103 Å². The van der Waals surface area contributed by atoms with Crippen LogP contribution in [0.15, 0.2) is 109 Å². The monoisotopic (exact) mass is 1090 g/mol. The number of hydrogen-bond acceptors (Lipinski definition) is 7. The highest BCUT2D eigenvalue weighted by Crippen LogP contribution is 2.15. The Morgan fingerprint density at radius 1 is 0.397 bits per heavy atom.